The lowest BCUT2D eigenvalue weighted by atomic mass is 9.82. The molecule has 1 fully saturated rings. The number of cyclic esters (lactones) is 1. The smallest absolute Gasteiger partial charge is 0.414 e. The minimum absolute atomic E-state index is 0.102. The van der Waals surface area contributed by atoms with Crippen molar-refractivity contribution >= 4 is 29.4 Å². The van der Waals surface area contributed by atoms with Crippen molar-refractivity contribution in [3.05, 3.63) is 89.0 Å². The van der Waals surface area contributed by atoms with Crippen LogP contribution < -0.4 is 15.5 Å². The number of hydrogen-bond donors (Lipinski definition) is 3. The molecular formula is C29H30FN7O5. The van der Waals surface area contributed by atoms with Crippen molar-refractivity contribution in [3.63, 3.8) is 0 Å². The number of alkyl carbamates (subject to hydrolysis) is 1. The molecule has 218 valence electrons. The summed E-state index contributed by atoms with van der Waals surface area (Å²) in [5.41, 5.74) is 3.17. The van der Waals surface area contributed by atoms with Gasteiger partial charge >= 0.3 is 12.2 Å². The Labute approximate surface area is 241 Å². The van der Waals surface area contributed by atoms with E-state index in [-0.39, 0.29) is 37.3 Å². The third kappa shape index (κ3) is 6.62. The molecule has 3 aromatic rings. The maximum Gasteiger partial charge on any atom is 0.414 e. The predicted octanol–water partition coefficient (Wildman–Crippen LogP) is 3.82. The molecule has 2 aliphatic rings. The summed E-state index contributed by atoms with van der Waals surface area (Å²) in [6, 6.07) is 13.2. The van der Waals surface area contributed by atoms with Crippen molar-refractivity contribution in [3.8, 4) is 0 Å². The number of ether oxygens (including phenoxy) is 2. The van der Waals surface area contributed by atoms with Crippen LogP contribution >= 0.6 is 0 Å². The number of H-pyrrole nitrogens is 1. The van der Waals surface area contributed by atoms with Gasteiger partial charge in [0.15, 0.2) is 0 Å². The van der Waals surface area contributed by atoms with Crippen LogP contribution in [0.15, 0.2) is 66.3 Å². The molecule has 2 heterocycles. The minimum Gasteiger partial charge on any atom is -0.445 e. The summed E-state index contributed by atoms with van der Waals surface area (Å²) in [7, 11) is 0. The monoisotopic (exact) mass is 575 g/mol. The molecule has 1 aromatic heterocycles. The van der Waals surface area contributed by atoms with Crippen LogP contribution in [-0.4, -0.2) is 57.9 Å². The summed E-state index contributed by atoms with van der Waals surface area (Å²) in [6.07, 6.45) is 2.33. The Balaban J connectivity index is 1.30. The number of allylic oxidation sites excluding steroid dienone is 3. The van der Waals surface area contributed by atoms with Crippen LogP contribution in [0.5, 0.6) is 0 Å². The molecule has 3 atom stereocenters. The van der Waals surface area contributed by atoms with Gasteiger partial charge in [-0.25, -0.2) is 14.0 Å². The van der Waals surface area contributed by atoms with Crippen LogP contribution in [0, 0.1) is 11.7 Å². The number of tetrazole rings is 1. The van der Waals surface area contributed by atoms with Crippen LogP contribution in [0.25, 0.3) is 5.57 Å². The first-order valence-electron chi connectivity index (χ1n) is 13.4. The van der Waals surface area contributed by atoms with Crippen molar-refractivity contribution in [1.29, 1.82) is 0 Å². The highest BCUT2D eigenvalue weighted by molar-refractivity contribution is 5.90. The molecule has 1 saturated heterocycles. The average Bonchev–Trinajstić information content (AvgIpc) is 3.64. The first-order chi connectivity index (χ1) is 20.3. The molecule has 42 heavy (non-hydrogen) atoms. The van der Waals surface area contributed by atoms with Crippen LogP contribution in [0.3, 0.4) is 0 Å². The molecule has 12 nitrogen and oxygen atoms in total. The van der Waals surface area contributed by atoms with Gasteiger partial charge in [-0.2, -0.15) is 5.21 Å². The van der Waals surface area contributed by atoms with E-state index in [0.717, 1.165) is 16.7 Å². The van der Waals surface area contributed by atoms with Crippen molar-refractivity contribution in [2.45, 2.75) is 39.0 Å². The van der Waals surface area contributed by atoms with E-state index in [1.165, 1.54) is 17.9 Å². The molecule has 2 unspecified atom stereocenters. The van der Waals surface area contributed by atoms with Gasteiger partial charge in [-0.1, -0.05) is 54.6 Å². The van der Waals surface area contributed by atoms with Gasteiger partial charge in [0.25, 0.3) is 0 Å². The Morgan fingerprint density at radius 1 is 1.21 bits per heavy atom. The van der Waals surface area contributed by atoms with E-state index in [2.05, 4.69) is 31.3 Å². The fourth-order valence-electron chi connectivity index (χ4n) is 4.96. The highest BCUT2D eigenvalue weighted by atomic mass is 19.1. The highest BCUT2D eigenvalue weighted by Gasteiger charge is 2.33. The van der Waals surface area contributed by atoms with E-state index in [9.17, 15) is 14.4 Å². The molecule has 3 amide bonds. The van der Waals surface area contributed by atoms with Crippen molar-refractivity contribution in [1.82, 2.24) is 31.3 Å². The number of hydrogen-bond acceptors (Lipinski definition) is 8. The number of anilines is 1. The zero-order valence-corrected chi connectivity index (χ0v) is 23.0. The summed E-state index contributed by atoms with van der Waals surface area (Å²) in [5, 5.41) is 19.6. The molecular weight excluding hydrogens is 545 g/mol. The maximum absolute atomic E-state index is 15.4. The van der Waals surface area contributed by atoms with E-state index in [4.69, 9.17) is 9.47 Å². The Bertz CT molecular complexity index is 1510. The number of halogens is 1. The Morgan fingerprint density at radius 2 is 2.02 bits per heavy atom. The number of nitrogens with one attached hydrogen (secondary N) is 3. The molecule has 1 aliphatic heterocycles. The number of rotatable bonds is 9. The van der Waals surface area contributed by atoms with Gasteiger partial charge < -0.3 is 20.1 Å². The van der Waals surface area contributed by atoms with Crippen LogP contribution in [-0.2, 0) is 20.9 Å². The molecule has 5 rings (SSSR count). The molecule has 0 radical (unpaired) electrons. The minimum atomic E-state index is -0.710. The number of aromatic nitrogens is 4. The van der Waals surface area contributed by atoms with Gasteiger partial charge in [-0.15, -0.1) is 10.2 Å². The number of nitrogens with zero attached hydrogens (tertiary/aromatic N) is 4. The number of carbonyl (C=O) groups excluding carboxylic acids is 3. The van der Waals surface area contributed by atoms with Gasteiger partial charge in [-0.3, -0.25) is 9.69 Å². The van der Waals surface area contributed by atoms with Gasteiger partial charge in [0.1, 0.15) is 24.6 Å². The summed E-state index contributed by atoms with van der Waals surface area (Å²) in [4.78, 5) is 37.5. The summed E-state index contributed by atoms with van der Waals surface area (Å²) in [6.45, 7) is 3.82. The fraction of sp³-hybridized carbons (Fsp3) is 0.310. The second kappa shape index (κ2) is 12.6. The van der Waals surface area contributed by atoms with E-state index >= 15 is 4.39 Å². The number of amides is 3. The quantitative estimate of drug-likeness (QED) is 0.348. The second-order valence-corrected chi connectivity index (χ2v) is 10.1. The topological polar surface area (TPSA) is 151 Å². The van der Waals surface area contributed by atoms with Gasteiger partial charge in [0, 0.05) is 12.5 Å². The van der Waals surface area contributed by atoms with Crippen molar-refractivity contribution < 1.29 is 28.2 Å². The standard InChI is InChI=1S/C29H30FN7O5/c1-17-12-20(24-11-9-21(13-25(24)30)37-15-22(42-29(37)40)14-31-18(2)38)8-10-23(17)26(27-33-35-36-34-27)32-28(39)41-16-19-6-4-3-5-7-19/h3-11,13,17,22,26H,12,14-16H2,1-2H3,(H,31,38)(H,32,39)(H,33,34,35,36)/t17?,22-,26?/m0/s1. The lowest BCUT2D eigenvalue weighted by Crippen LogP contribution is -2.33. The third-order valence-corrected chi connectivity index (χ3v) is 7.06. The fourth-order valence-corrected chi connectivity index (χ4v) is 4.96. The third-order valence-electron chi connectivity index (χ3n) is 7.06. The Kier molecular flexibility index (Phi) is 8.55. The zero-order valence-electron chi connectivity index (χ0n) is 23.0. The molecule has 1 aliphatic carbocycles. The average molecular weight is 576 g/mol. The normalized spacial score (nSPS) is 18.9. The predicted molar refractivity (Wildman–Crippen MR) is 149 cm³/mol. The first-order valence-corrected chi connectivity index (χ1v) is 13.4. The Morgan fingerprint density at radius 3 is 2.71 bits per heavy atom. The van der Waals surface area contributed by atoms with Crippen molar-refractivity contribution in [2.24, 2.45) is 5.92 Å². The number of benzene rings is 2. The number of carbonyl (C=O) groups is 3. The van der Waals surface area contributed by atoms with Crippen molar-refractivity contribution in [2.75, 3.05) is 18.0 Å². The lowest BCUT2D eigenvalue weighted by Gasteiger charge is -2.27. The summed E-state index contributed by atoms with van der Waals surface area (Å²) < 4.78 is 26.0. The largest absolute Gasteiger partial charge is 0.445 e. The first kappa shape index (κ1) is 28.5. The molecule has 13 heteroatoms. The van der Waals surface area contributed by atoms with Gasteiger partial charge in [0.05, 0.1) is 18.8 Å². The van der Waals surface area contributed by atoms with Crippen LogP contribution in [0.2, 0.25) is 0 Å². The lowest BCUT2D eigenvalue weighted by molar-refractivity contribution is -0.119. The van der Waals surface area contributed by atoms with Crippen LogP contribution in [0.4, 0.5) is 19.7 Å². The maximum atomic E-state index is 15.4. The SMILES string of the molecule is CC(=O)NC[C@H]1CN(c2ccc(C3=CC=C(C(NC(=O)OCc4ccccc4)c4nn[nH]n4)C(C)C3)c(F)c2)C(=O)O1. The molecule has 3 N–H and O–H groups in total. The Hall–Kier alpha value is -5.07. The summed E-state index contributed by atoms with van der Waals surface area (Å²) >= 11 is 0. The van der Waals surface area contributed by atoms with E-state index in [0.29, 0.717) is 17.7 Å². The van der Waals surface area contributed by atoms with E-state index in [1.54, 1.807) is 18.2 Å². The summed E-state index contributed by atoms with van der Waals surface area (Å²) in [5.74, 6) is -0.565. The van der Waals surface area contributed by atoms with Crippen LogP contribution in [0.1, 0.15) is 43.3 Å². The molecule has 2 aromatic carbocycles. The van der Waals surface area contributed by atoms with Gasteiger partial charge in [-0.05, 0) is 47.2 Å². The zero-order chi connectivity index (χ0) is 29.6. The second-order valence-electron chi connectivity index (χ2n) is 10.1. The van der Waals surface area contributed by atoms with E-state index < -0.39 is 30.1 Å². The molecule has 0 spiro atoms. The highest BCUT2D eigenvalue weighted by Crippen LogP contribution is 2.38. The van der Waals surface area contributed by atoms with Gasteiger partial charge in [0.2, 0.25) is 11.7 Å². The van der Waals surface area contributed by atoms with E-state index in [1.807, 2.05) is 43.3 Å². The number of aromatic amines is 1. The molecule has 0 bridgehead atoms. The molecule has 0 saturated carbocycles.